The maximum atomic E-state index is 6.28. The number of benzene rings is 3. The molecule has 0 saturated carbocycles. The van der Waals surface area contributed by atoms with Crippen LogP contribution >= 0.6 is 0 Å². The van der Waals surface area contributed by atoms with E-state index in [0.29, 0.717) is 5.58 Å². The molecule has 0 amide bonds. The number of rotatable bonds is 2. The summed E-state index contributed by atoms with van der Waals surface area (Å²) >= 11 is 0. The van der Waals surface area contributed by atoms with Gasteiger partial charge in [-0.15, -0.1) is 0 Å². The molecule has 0 unspecified atom stereocenters. The standard InChI is InChI=1S/C28H16N4O/c1-2-8-18-17(7-1)13-15-29-24(18)27-25(31-21-10-4-5-11-22(21)32-27)20-14-16-30-26-19-9-3-6-12-23(19)33-28(20)26/h1-16H. The van der Waals surface area contributed by atoms with Gasteiger partial charge >= 0.3 is 0 Å². The molecule has 0 bridgehead atoms. The first kappa shape index (κ1) is 18.0. The smallest absolute Gasteiger partial charge is 0.163 e. The van der Waals surface area contributed by atoms with Crippen molar-refractivity contribution in [3.63, 3.8) is 0 Å². The maximum absolute atomic E-state index is 6.28. The van der Waals surface area contributed by atoms with Crippen molar-refractivity contribution in [2.75, 3.05) is 0 Å². The van der Waals surface area contributed by atoms with Crippen molar-refractivity contribution >= 4 is 43.9 Å². The summed E-state index contributed by atoms with van der Waals surface area (Å²) in [5.74, 6) is 0. The average Bonchev–Trinajstić information content (AvgIpc) is 3.26. The summed E-state index contributed by atoms with van der Waals surface area (Å²) < 4.78 is 6.28. The van der Waals surface area contributed by atoms with Crippen LogP contribution in [0.1, 0.15) is 0 Å². The second-order valence-electron chi connectivity index (χ2n) is 7.92. The van der Waals surface area contributed by atoms with E-state index in [9.17, 15) is 0 Å². The lowest BCUT2D eigenvalue weighted by atomic mass is 10.0. The zero-order valence-corrected chi connectivity index (χ0v) is 17.4. The van der Waals surface area contributed by atoms with Crippen LogP contribution in [0.3, 0.4) is 0 Å². The van der Waals surface area contributed by atoms with E-state index >= 15 is 0 Å². The number of furan rings is 1. The van der Waals surface area contributed by atoms with Crippen LogP contribution < -0.4 is 0 Å². The molecule has 4 heterocycles. The van der Waals surface area contributed by atoms with Gasteiger partial charge < -0.3 is 4.42 Å². The Morgan fingerprint density at radius 1 is 0.545 bits per heavy atom. The van der Waals surface area contributed by atoms with E-state index in [1.54, 1.807) is 6.20 Å². The summed E-state index contributed by atoms with van der Waals surface area (Å²) in [4.78, 5) is 19.5. The fourth-order valence-electron chi connectivity index (χ4n) is 4.45. The maximum Gasteiger partial charge on any atom is 0.163 e. The van der Waals surface area contributed by atoms with Crippen LogP contribution in [-0.2, 0) is 0 Å². The molecule has 7 aromatic rings. The molecule has 5 heteroatoms. The Labute approximate surface area is 188 Å². The first-order chi connectivity index (χ1) is 16.4. The van der Waals surface area contributed by atoms with Gasteiger partial charge in [0.1, 0.15) is 22.5 Å². The van der Waals surface area contributed by atoms with Gasteiger partial charge in [0, 0.05) is 28.7 Å². The molecule has 7 rings (SSSR count). The quantitative estimate of drug-likeness (QED) is 0.305. The molecule has 5 nitrogen and oxygen atoms in total. The molecule has 0 N–H and O–H groups in total. The van der Waals surface area contributed by atoms with Gasteiger partial charge in [-0.1, -0.05) is 48.5 Å². The lowest BCUT2D eigenvalue weighted by Crippen LogP contribution is -1.98. The van der Waals surface area contributed by atoms with Gasteiger partial charge in [0.15, 0.2) is 5.58 Å². The van der Waals surface area contributed by atoms with Crippen LogP contribution in [-0.4, -0.2) is 19.9 Å². The first-order valence-electron chi connectivity index (χ1n) is 10.7. The molecule has 3 aromatic carbocycles. The molecule has 0 radical (unpaired) electrons. The zero-order chi connectivity index (χ0) is 21.8. The number of hydrogen-bond donors (Lipinski definition) is 0. The van der Waals surface area contributed by atoms with Gasteiger partial charge in [-0.2, -0.15) is 0 Å². The Hall–Kier alpha value is -4.64. The van der Waals surface area contributed by atoms with Crippen LogP contribution in [0.15, 0.2) is 102 Å². The Balaban J connectivity index is 1.62. The third kappa shape index (κ3) is 2.72. The molecule has 0 saturated heterocycles. The highest BCUT2D eigenvalue weighted by Gasteiger charge is 2.21. The van der Waals surface area contributed by atoms with E-state index in [1.165, 1.54) is 0 Å². The Morgan fingerprint density at radius 3 is 2.12 bits per heavy atom. The van der Waals surface area contributed by atoms with E-state index in [1.807, 2.05) is 79.0 Å². The third-order valence-electron chi connectivity index (χ3n) is 5.98. The molecule has 0 aliphatic rings. The minimum atomic E-state index is 0.699. The number of pyridine rings is 2. The van der Waals surface area contributed by atoms with E-state index in [4.69, 9.17) is 19.4 Å². The summed E-state index contributed by atoms with van der Waals surface area (Å²) in [7, 11) is 0. The van der Waals surface area contributed by atoms with Gasteiger partial charge in [-0.05, 0) is 41.8 Å². The zero-order valence-electron chi connectivity index (χ0n) is 17.4. The number of para-hydroxylation sites is 3. The molecule has 0 aliphatic carbocycles. The largest absolute Gasteiger partial charge is 0.454 e. The normalized spacial score (nSPS) is 11.6. The summed E-state index contributed by atoms with van der Waals surface area (Å²) in [6.07, 6.45) is 3.62. The van der Waals surface area contributed by atoms with E-state index in [0.717, 1.165) is 60.9 Å². The van der Waals surface area contributed by atoms with Crippen molar-refractivity contribution < 1.29 is 4.42 Å². The predicted molar refractivity (Wildman–Crippen MR) is 131 cm³/mol. The topological polar surface area (TPSA) is 64.7 Å². The van der Waals surface area contributed by atoms with Crippen molar-refractivity contribution in [3.8, 4) is 22.6 Å². The number of aromatic nitrogens is 4. The van der Waals surface area contributed by atoms with Crippen LogP contribution in [0.2, 0.25) is 0 Å². The molecule has 0 spiro atoms. The van der Waals surface area contributed by atoms with Gasteiger partial charge in [0.2, 0.25) is 0 Å². The van der Waals surface area contributed by atoms with Gasteiger partial charge in [-0.25, -0.2) is 9.97 Å². The highest BCUT2D eigenvalue weighted by Crippen LogP contribution is 2.38. The minimum absolute atomic E-state index is 0.699. The van der Waals surface area contributed by atoms with Crippen molar-refractivity contribution in [1.82, 2.24) is 19.9 Å². The molecule has 0 atom stereocenters. The van der Waals surface area contributed by atoms with Crippen molar-refractivity contribution in [1.29, 1.82) is 0 Å². The number of hydrogen-bond acceptors (Lipinski definition) is 5. The van der Waals surface area contributed by atoms with Gasteiger partial charge in [-0.3, -0.25) is 9.97 Å². The van der Waals surface area contributed by atoms with Crippen molar-refractivity contribution in [2.24, 2.45) is 0 Å². The molecule has 4 aromatic heterocycles. The highest BCUT2D eigenvalue weighted by molar-refractivity contribution is 6.08. The lowest BCUT2D eigenvalue weighted by Gasteiger charge is -2.12. The fraction of sp³-hybridized carbons (Fsp3) is 0. The third-order valence-corrected chi connectivity index (χ3v) is 5.98. The Bertz CT molecular complexity index is 1830. The minimum Gasteiger partial charge on any atom is -0.454 e. The Morgan fingerprint density at radius 2 is 1.24 bits per heavy atom. The van der Waals surface area contributed by atoms with Crippen LogP contribution in [0.5, 0.6) is 0 Å². The second kappa shape index (κ2) is 6.93. The Kier molecular flexibility index (Phi) is 3.78. The van der Waals surface area contributed by atoms with Crippen molar-refractivity contribution in [2.45, 2.75) is 0 Å². The molecular formula is C28H16N4O. The first-order valence-corrected chi connectivity index (χ1v) is 10.7. The second-order valence-corrected chi connectivity index (χ2v) is 7.92. The monoisotopic (exact) mass is 424 g/mol. The van der Waals surface area contributed by atoms with Gasteiger partial charge in [0.25, 0.3) is 0 Å². The van der Waals surface area contributed by atoms with E-state index < -0.39 is 0 Å². The number of fused-ring (bicyclic) bond motifs is 5. The van der Waals surface area contributed by atoms with Gasteiger partial charge in [0.05, 0.1) is 16.7 Å². The average molecular weight is 424 g/mol. The van der Waals surface area contributed by atoms with E-state index in [-0.39, 0.29) is 0 Å². The summed E-state index contributed by atoms with van der Waals surface area (Å²) in [6, 6.07) is 28.0. The molecule has 0 aliphatic heterocycles. The molecular weight excluding hydrogens is 408 g/mol. The summed E-state index contributed by atoms with van der Waals surface area (Å²) in [6.45, 7) is 0. The fourth-order valence-corrected chi connectivity index (χ4v) is 4.45. The molecule has 0 fully saturated rings. The number of nitrogens with zero attached hydrogens (tertiary/aromatic N) is 4. The van der Waals surface area contributed by atoms with E-state index in [2.05, 4.69) is 17.1 Å². The SMILES string of the molecule is c1ccc2c(-c3nc4ccccc4nc3-c3ccnc4c3oc3ccccc34)nccc2c1. The highest BCUT2D eigenvalue weighted by atomic mass is 16.3. The van der Waals surface area contributed by atoms with Crippen LogP contribution in [0.25, 0.3) is 66.5 Å². The lowest BCUT2D eigenvalue weighted by molar-refractivity contribution is 0.669. The molecule has 33 heavy (non-hydrogen) atoms. The van der Waals surface area contributed by atoms with Crippen LogP contribution in [0, 0.1) is 0 Å². The predicted octanol–water partition coefficient (Wildman–Crippen LogP) is 6.81. The molecule has 154 valence electrons. The van der Waals surface area contributed by atoms with Crippen LogP contribution in [0.4, 0.5) is 0 Å². The summed E-state index contributed by atoms with van der Waals surface area (Å²) in [5.41, 5.74) is 7.04. The van der Waals surface area contributed by atoms with Crippen molar-refractivity contribution in [3.05, 3.63) is 97.3 Å². The summed E-state index contributed by atoms with van der Waals surface area (Å²) in [5, 5.41) is 3.11.